The molecule has 3 rings (SSSR count). The van der Waals surface area contributed by atoms with Crippen molar-refractivity contribution in [3.63, 3.8) is 0 Å². The first-order valence-corrected chi connectivity index (χ1v) is 8.17. The number of aryl methyl sites for hydroxylation is 2. The zero-order valence-corrected chi connectivity index (χ0v) is 13.3. The molecule has 1 N–H and O–H groups in total. The highest BCUT2D eigenvalue weighted by molar-refractivity contribution is 7.11. The van der Waals surface area contributed by atoms with Crippen LogP contribution in [0, 0.1) is 13.8 Å². The maximum absolute atomic E-state index is 5.03. The maximum atomic E-state index is 5.03. The van der Waals surface area contributed by atoms with Crippen LogP contribution >= 0.6 is 11.3 Å². The van der Waals surface area contributed by atoms with Gasteiger partial charge in [-0.3, -0.25) is 4.90 Å². The van der Waals surface area contributed by atoms with Gasteiger partial charge in [-0.05, 0) is 26.3 Å². The lowest BCUT2D eigenvalue weighted by molar-refractivity contribution is 0.177. The van der Waals surface area contributed by atoms with Crippen molar-refractivity contribution in [1.82, 2.24) is 25.3 Å². The van der Waals surface area contributed by atoms with Crippen LogP contribution < -0.4 is 5.32 Å². The van der Waals surface area contributed by atoms with Crippen LogP contribution in [0.3, 0.4) is 0 Å². The number of nitrogens with zero attached hydrogens (tertiary/aromatic N) is 4. The molecule has 114 valence electrons. The normalized spacial score (nSPS) is 20.0. The van der Waals surface area contributed by atoms with Crippen LogP contribution in [0.15, 0.2) is 10.7 Å². The average molecular weight is 307 g/mol. The van der Waals surface area contributed by atoms with Crippen molar-refractivity contribution in [2.75, 3.05) is 13.1 Å². The first-order valence-electron chi connectivity index (χ1n) is 7.35. The Balaban J connectivity index is 1.48. The van der Waals surface area contributed by atoms with E-state index in [4.69, 9.17) is 4.52 Å². The lowest BCUT2D eigenvalue weighted by Crippen LogP contribution is -2.45. The van der Waals surface area contributed by atoms with Crippen molar-refractivity contribution in [1.29, 1.82) is 0 Å². The van der Waals surface area contributed by atoms with E-state index < -0.39 is 0 Å². The fourth-order valence-electron chi connectivity index (χ4n) is 2.70. The van der Waals surface area contributed by atoms with Crippen LogP contribution in [0.5, 0.6) is 0 Å². The van der Waals surface area contributed by atoms with Gasteiger partial charge in [-0.2, -0.15) is 4.98 Å². The summed E-state index contributed by atoms with van der Waals surface area (Å²) in [6, 6.07) is 0.522. The van der Waals surface area contributed by atoms with Gasteiger partial charge in [-0.1, -0.05) is 5.16 Å². The summed E-state index contributed by atoms with van der Waals surface area (Å²) in [6.07, 6.45) is 4.39. The van der Waals surface area contributed by atoms with E-state index in [1.54, 1.807) is 11.3 Å². The molecule has 21 heavy (non-hydrogen) atoms. The zero-order valence-electron chi connectivity index (χ0n) is 12.5. The predicted molar refractivity (Wildman–Crippen MR) is 81.0 cm³/mol. The molecule has 0 radical (unpaired) electrons. The van der Waals surface area contributed by atoms with Crippen molar-refractivity contribution in [2.24, 2.45) is 0 Å². The summed E-state index contributed by atoms with van der Waals surface area (Å²) in [7, 11) is 0. The second kappa shape index (κ2) is 6.64. The van der Waals surface area contributed by atoms with Gasteiger partial charge in [-0.25, -0.2) is 4.98 Å². The molecule has 6 nitrogen and oxygen atoms in total. The third-order valence-corrected chi connectivity index (χ3v) is 4.59. The second-order valence-electron chi connectivity index (χ2n) is 5.53. The number of nitrogens with one attached hydrogen (secondary N) is 1. The standard InChI is InChI=1S/C14H21N5OS/c1-10-17-14(18-20-10)9-19-5-3-4-12(8-19)16-7-13-6-15-11(2)21-13/h6,12,16H,3-5,7-9H2,1-2H3/t12-/m1/s1. The van der Waals surface area contributed by atoms with Crippen LogP contribution in [0.25, 0.3) is 0 Å². The van der Waals surface area contributed by atoms with E-state index in [0.717, 1.165) is 37.0 Å². The van der Waals surface area contributed by atoms with E-state index in [0.29, 0.717) is 11.9 Å². The number of rotatable bonds is 5. The van der Waals surface area contributed by atoms with Crippen molar-refractivity contribution >= 4 is 11.3 Å². The second-order valence-corrected chi connectivity index (χ2v) is 6.85. The van der Waals surface area contributed by atoms with E-state index in [9.17, 15) is 0 Å². The predicted octanol–water partition coefficient (Wildman–Crippen LogP) is 1.90. The third-order valence-electron chi connectivity index (χ3n) is 3.67. The topological polar surface area (TPSA) is 67.1 Å². The van der Waals surface area contributed by atoms with Crippen molar-refractivity contribution in [2.45, 2.75) is 45.8 Å². The molecule has 0 spiro atoms. The Morgan fingerprint density at radius 3 is 3.10 bits per heavy atom. The number of likely N-dealkylation sites (tertiary alicyclic amines) is 1. The summed E-state index contributed by atoms with van der Waals surface area (Å²) in [5, 5.41) is 8.74. The molecule has 0 aromatic carbocycles. The minimum atomic E-state index is 0.522. The number of thiazole rings is 1. The number of piperidine rings is 1. The Morgan fingerprint density at radius 1 is 1.48 bits per heavy atom. The van der Waals surface area contributed by atoms with Gasteiger partial charge in [-0.15, -0.1) is 11.3 Å². The van der Waals surface area contributed by atoms with Crippen molar-refractivity contribution < 1.29 is 4.52 Å². The van der Waals surface area contributed by atoms with Crippen LogP contribution in [0.1, 0.15) is 34.4 Å². The fraction of sp³-hybridized carbons (Fsp3) is 0.643. The molecule has 1 aliphatic rings. The van der Waals surface area contributed by atoms with E-state index in [1.165, 1.54) is 17.7 Å². The molecular weight excluding hydrogens is 286 g/mol. The summed E-state index contributed by atoms with van der Waals surface area (Å²) in [4.78, 5) is 12.3. The highest BCUT2D eigenvalue weighted by Crippen LogP contribution is 2.15. The summed E-state index contributed by atoms with van der Waals surface area (Å²) in [5.74, 6) is 1.42. The largest absolute Gasteiger partial charge is 0.340 e. The summed E-state index contributed by atoms with van der Waals surface area (Å²) in [5.41, 5.74) is 0. The van der Waals surface area contributed by atoms with Crippen LogP contribution in [0.4, 0.5) is 0 Å². The highest BCUT2D eigenvalue weighted by atomic mass is 32.1. The Labute approximate surface area is 128 Å². The lowest BCUT2D eigenvalue weighted by Gasteiger charge is -2.32. The number of hydrogen-bond donors (Lipinski definition) is 1. The van der Waals surface area contributed by atoms with Crippen LogP contribution in [-0.2, 0) is 13.1 Å². The van der Waals surface area contributed by atoms with Gasteiger partial charge in [0.25, 0.3) is 0 Å². The van der Waals surface area contributed by atoms with Gasteiger partial charge in [0.15, 0.2) is 5.82 Å². The quantitative estimate of drug-likeness (QED) is 0.910. The van der Waals surface area contributed by atoms with Gasteiger partial charge < -0.3 is 9.84 Å². The minimum Gasteiger partial charge on any atom is -0.340 e. The molecule has 0 amide bonds. The molecule has 1 fully saturated rings. The zero-order chi connectivity index (χ0) is 14.7. The molecule has 0 unspecified atom stereocenters. The molecule has 2 aromatic heterocycles. The van der Waals surface area contributed by atoms with E-state index >= 15 is 0 Å². The lowest BCUT2D eigenvalue weighted by atomic mass is 10.1. The molecule has 0 saturated carbocycles. The molecule has 1 aliphatic heterocycles. The van der Waals surface area contributed by atoms with Crippen LogP contribution in [-0.4, -0.2) is 39.2 Å². The molecule has 7 heteroatoms. The van der Waals surface area contributed by atoms with Gasteiger partial charge in [0.2, 0.25) is 5.89 Å². The molecule has 0 aliphatic carbocycles. The van der Waals surface area contributed by atoms with Crippen LogP contribution in [0.2, 0.25) is 0 Å². The van der Waals surface area contributed by atoms with Gasteiger partial charge >= 0.3 is 0 Å². The molecule has 1 saturated heterocycles. The molecule has 3 heterocycles. The van der Waals surface area contributed by atoms with E-state index in [1.807, 2.05) is 20.0 Å². The molecule has 2 aromatic rings. The Bertz CT molecular complexity index is 581. The summed E-state index contributed by atoms with van der Waals surface area (Å²) >= 11 is 1.76. The number of hydrogen-bond acceptors (Lipinski definition) is 7. The van der Waals surface area contributed by atoms with Gasteiger partial charge in [0, 0.05) is 37.1 Å². The van der Waals surface area contributed by atoms with E-state index in [-0.39, 0.29) is 0 Å². The first kappa shape index (κ1) is 14.6. The molecular formula is C14H21N5OS. The van der Waals surface area contributed by atoms with Gasteiger partial charge in [0.05, 0.1) is 11.6 Å². The van der Waals surface area contributed by atoms with Gasteiger partial charge in [0.1, 0.15) is 0 Å². The molecule has 0 bridgehead atoms. The SMILES string of the molecule is Cc1nc(CN2CCC[C@@H](NCc3cnc(C)s3)C2)no1. The van der Waals surface area contributed by atoms with Crippen molar-refractivity contribution in [3.8, 4) is 0 Å². The average Bonchev–Trinajstić information content (AvgIpc) is 3.06. The highest BCUT2D eigenvalue weighted by Gasteiger charge is 2.21. The Kier molecular flexibility index (Phi) is 4.62. The summed E-state index contributed by atoms with van der Waals surface area (Å²) in [6.45, 7) is 7.69. The smallest absolute Gasteiger partial charge is 0.223 e. The van der Waals surface area contributed by atoms with E-state index in [2.05, 4.69) is 25.3 Å². The molecule has 1 atom stereocenters. The summed E-state index contributed by atoms with van der Waals surface area (Å²) < 4.78 is 5.03. The first-order chi connectivity index (χ1) is 10.2. The fourth-order valence-corrected chi connectivity index (χ4v) is 3.45. The number of aromatic nitrogens is 3. The monoisotopic (exact) mass is 307 g/mol. The maximum Gasteiger partial charge on any atom is 0.223 e. The Morgan fingerprint density at radius 2 is 2.38 bits per heavy atom. The van der Waals surface area contributed by atoms with Crippen molar-refractivity contribution in [3.05, 3.63) is 27.8 Å². The Hall–Kier alpha value is -1.31. The minimum absolute atomic E-state index is 0.522. The third kappa shape index (κ3) is 4.09.